The number of anilines is 1. The number of sulfonamides is 1. The molecule has 0 aliphatic heterocycles. The van der Waals surface area contributed by atoms with Crippen molar-refractivity contribution in [2.45, 2.75) is 18.4 Å². The summed E-state index contributed by atoms with van der Waals surface area (Å²) in [5.41, 5.74) is 6.82. The van der Waals surface area contributed by atoms with Crippen LogP contribution in [0.25, 0.3) is 0 Å². The van der Waals surface area contributed by atoms with Gasteiger partial charge in [-0.05, 0) is 19.1 Å². The number of hydrogen-bond acceptors (Lipinski definition) is 6. The number of rotatable bonds is 5. The van der Waals surface area contributed by atoms with Crippen LogP contribution in [0.5, 0.6) is 5.75 Å². The number of nitrogens with two attached hydrogens (primary N) is 1. The van der Waals surface area contributed by atoms with Crippen molar-refractivity contribution < 1.29 is 13.2 Å². The Morgan fingerprint density at radius 2 is 2.14 bits per heavy atom. The van der Waals surface area contributed by atoms with Crippen LogP contribution in [0.2, 0.25) is 0 Å². The lowest BCUT2D eigenvalue weighted by atomic mass is 10.3. The Morgan fingerprint density at radius 3 is 2.71 bits per heavy atom. The zero-order valence-electron chi connectivity index (χ0n) is 12.0. The van der Waals surface area contributed by atoms with Crippen LogP contribution in [0.3, 0.4) is 0 Å². The maximum atomic E-state index is 12.6. The molecule has 0 unspecified atom stereocenters. The number of hydrogen-bond donors (Lipinski definition) is 1. The Bertz CT molecular complexity index is 741. The number of methoxy groups -OCH3 is 1. The van der Waals surface area contributed by atoms with Crippen LogP contribution in [-0.2, 0) is 16.6 Å². The number of aromatic nitrogens is 1. The average Bonchev–Trinajstić information content (AvgIpc) is 2.83. The number of nitrogens with zero attached hydrogens (tertiary/aromatic N) is 2. The lowest BCUT2D eigenvalue weighted by Gasteiger charge is -2.18. The molecule has 2 N–H and O–H groups in total. The average molecular weight is 327 g/mol. The molecular formula is C13H17N3O3S2. The largest absolute Gasteiger partial charge is 0.495 e. The minimum absolute atomic E-state index is 0.0913. The van der Waals surface area contributed by atoms with Crippen molar-refractivity contribution in [2.75, 3.05) is 19.9 Å². The fraction of sp³-hybridized carbons (Fsp3) is 0.308. The Labute approximate surface area is 128 Å². The molecule has 0 fully saturated rings. The quantitative estimate of drug-likeness (QED) is 0.847. The molecule has 1 heterocycles. The predicted molar refractivity (Wildman–Crippen MR) is 82.9 cm³/mol. The lowest BCUT2D eigenvalue weighted by molar-refractivity contribution is 0.397. The zero-order valence-corrected chi connectivity index (χ0v) is 13.7. The zero-order chi connectivity index (χ0) is 15.6. The normalized spacial score (nSPS) is 11.8. The Balaban J connectivity index is 2.33. The number of benzene rings is 1. The van der Waals surface area contributed by atoms with E-state index in [1.54, 1.807) is 0 Å². The topological polar surface area (TPSA) is 85.5 Å². The van der Waals surface area contributed by atoms with E-state index in [0.717, 1.165) is 10.7 Å². The summed E-state index contributed by atoms with van der Waals surface area (Å²) in [7, 11) is -0.742. The summed E-state index contributed by atoms with van der Waals surface area (Å²) < 4.78 is 31.6. The summed E-state index contributed by atoms with van der Waals surface area (Å²) in [5.74, 6) is 0.233. The van der Waals surface area contributed by atoms with Crippen LogP contribution in [0.1, 0.15) is 10.7 Å². The molecule has 0 bridgehead atoms. The second-order valence-corrected chi connectivity index (χ2v) is 7.60. The monoisotopic (exact) mass is 327 g/mol. The first kappa shape index (κ1) is 15.7. The summed E-state index contributed by atoms with van der Waals surface area (Å²) >= 11 is 1.49. The highest BCUT2D eigenvalue weighted by atomic mass is 32.2. The number of thiazole rings is 1. The van der Waals surface area contributed by atoms with E-state index in [-0.39, 0.29) is 17.2 Å². The first-order valence-electron chi connectivity index (χ1n) is 6.15. The predicted octanol–water partition coefficient (Wildman–Crippen LogP) is 1.86. The molecule has 0 spiro atoms. The minimum Gasteiger partial charge on any atom is -0.495 e. The van der Waals surface area contributed by atoms with Crippen LogP contribution in [0.4, 0.5) is 5.69 Å². The second-order valence-electron chi connectivity index (χ2n) is 4.53. The van der Waals surface area contributed by atoms with E-state index in [1.807, 2.05) is 12.3 Å². The van der Waals surface area contributed by atoms with Gasteiger partial charge in [-0.2, -0.15) is 4.31 Å². The maximum absolute atomic E-state index is 12.6. The summed E-state index contributed by atoms with van der Waals surface area (Å²) in [4.78, 5) is 4.37. The van der Waals surface area contributed by atoms with Gasteiger partial charge in [0.15, 0.2) is 0 Å². The van der Waals surface area contributed by atoms with E-state index in [0.29, 0.717) is 5.69 Å². The van der Waals surface area contributed by atoms with E-state index in [2.05, 4.69) is 4.98 Å². The van der Waals surface area contributed by atoms with Gasteiger partial charge in [-0.15, -0.1) is 11.3 Å². The van der Waals surface area contributed by atoms with Crippen LogP contribution in [0, 0.1) is 6.92 Å². The Hall–Kier alpha value is -1.64. The molecule has 0 aliphatic rings. The van der Waals surface area contributed by atoms with Crippen molar-refractivity contribution in [2.24, 2.45) is 0 Å². The van der Waals surface area contributed by atoms with Crippen molar-refractivity contribution in [3.8, 4) is 5.75 Å². The Morgan fingerprint density at radius 1 is 1.43 bits per heavy atom. The molecule has 1 aromatic heterocycles. The molecule has 0 atom stereocenters. The molecule has 0 radical (unpaired) electrons. The van der Waals surface area contributed by atoms with Gasteiger partial charge in [0.2, 0.25) is 10.0 Å². The molecule has 2 aromatic rings. The van der Waals surface area contributed by atoms with Gasteiger partial charge in [0.25, 0.3) is 0 Å². The van der Waals surface area contributed by atoms with E-state index < -0.39 is 10.0 Å². The molecule has 0 aliphatic carbocycles. The molecular weight excluding hydrogens is 310 g/mol. The number of aryl methyl sites for hydroxylation is 1. The molecule has 0 saturated carbocycles. The summed E-state index contributed by atoms with van der Waals surface area (Å²) in [6.07, 6.45) is 0. The van der Waals surface area contributed by atoms with Gasteiger partial charge >= 0.3 is 0 Å². The van der Waals surface area contributed by atoms with Crippen LogP contribution in [0.15, 0.2) is 28.5 Å². The standard InChI is InChI=1S/C13H17N3O3S2/c1-9-15-11(8-20-9)7-16(2)21(17,18)13-5-4-10(14)6-12(13)19-3/h4-6,8H,7,14H2,1-3H3. The SMILES string of the molecule is COc1cc(N)ccc1S(=O)(=O)N(C)Cc1csc(C)n1. The van der Waals surface area contributed by atoms with Crippen molar-refractivity contribution in [1.82, 2.24) is 9.29 Å². The third-order valence-electron chi connectivity index (χ3n) is 2.93. The second kappa shape index (κ2) is 6.00. The van der Waals surface area contributed by atoms with Crippen molar-refractivity contribution >= 4 is 27.0 Å². The maximum Gasteiger partial charge on any atom is 0.246 e. The first-order chi connectivity index (χ1) is 9.84. The fourth-order valence-corrected chi connectivity index (χ4v) is 3.74. The van der Waals surface area contributed by atoms with E-state index in [1.165, 1.54) is 48.0 Å². The van der Waals surface area contributed by atoms with Gasteiger partial charge < -0.3 is 10.5 Å². The molecule has 0 saturated heterocycles. The number of ether oxygens (including phenoxy) is 1. The fourth-order valence-electron chi connectivity index (χ4n) is 1.86. The van der Waals surface area contributed by atoms with Gasteiger partial charge in [0.1, 0.15) is 10.6 Å². The van der Waals surface area contributed by atoms with Crippen LogP contribution < -0.4 is 10.5 Å². The Kier molecular flexibility index (Phi) is 4.50. The van der Waals surface area contributed by atoms with Gasteiger partial charge in [0, 0.05) is 24.2 Å². The molecule has 1 aromatic carbocycles. The van der Waals surface area contributed by atoms with Gasteiger partial charge in [-0.3, -0.25) is 0 Å². The van der Waals surface area contributed by atoms with Crippen molar-refractivity contribution in [1.29, 1.82) is 0 Å². The molecule has 0 amide bonds. The summed E-state index contributed by atoms with van der Waals surface area (Å²) in [6.45, 7) is 2.09. The third-order valence-corrected chi connectivity index (χ3v) is 5.59. The minimum atomic E-state index is -3.67. The molecule has 114 valence electrons. The third kappa shape index (κ3) is 3.34. The van der Waals surface area contributed by atoms with E-state index >= 15 is 0 Å². The molecule has 6 nitrogen and oxygen atoms in total. The molecule has 21 heavy (non-hydrogen) atoms. The summed E-state index contributed by atoms with van der Waals surface area (Å²) in [5, 5.41) is 2.75. The van der Waals surface area contributed by atoms with Gasteiger partial charge in [-0.25, -0.2) is 13.4 Å². The highest BCUT2D eigenvalue weighted by Crippen LogP contribution is 2.28. The van der Waals surface area contributed by atoms with Crippen LogP contribution in [-0.4, -0.2) is 31.9 Å². The highest BCUT2D eigenvalue weighted by molar-refractivity contribution is 7.89. The smallest absolute Gasteiger partial charge is 0.246 e. The van der Waals surface area contributed by atoms with E-state index in [9.17, 15) is 8.42 Å². The molecule has 2 rings (SSSR count). The van der Waals surface area contributed by atoms with Crippen molar-refractivity contribution in [3.63, 3.8) is 0 Å². The first-order valence-corrected chi connectivity index (χ1v) is 8.47. The lowest BCUT2D eigenvalue weighted by Crippen LogP contribution is -2.27. The van der Waals surface area contributed by atoms with Crippen LogP contribution >= 0.6 is 11.3 Å². The van der Waals surface area contributed by atoms with Crippen molar-refractivity contribution in [3.05, 3.63) is 34.3 Å². The number of nitrogen functional groups attached to an aromatic ring is 1. The summed E-state index contributed by atoms with van der Waals surface area (Å²) in [6, 6.07) is 4.48. The highest BCUT2D eigenvalue weighted by Gasteiger charge is 2.25. The van der Waals surface area contributed by atoms with Gasteiger partial charge in [0.05, 0.1) is 24.4 Å². The molecule has 8 heteroatoms. The van der Waals surface area contributed by atoms with E-state index in [4.69, 9.17) is 10.5 Å². The van der Waals surface area contributed by atoms with Gasteiger partial charge in [-0.1, -0.05) is 0 Å².